The molecule has 13 heavy (non-hydrogen) atoms. The molecule has 3 atom stereocenters. The molecule has 1 saturated carbocycles. The minimum Gasteiger partial charge on any atom is -0.306 e. The molecule has 1 N–H and O–H groups in total. The number of nitrogens with one attached hydrogen (secondary N) is 1. The third kappa shape index (κ3) is 2.07. The highest BCUT2D eigenvalue weighted by Crippen LogP contribution is 2.31. The molecule has 1 aliphatic carbocycles. The summed E-state index contributed by atoms with van der Waals surface area (Å²) < 4.78 is 0. The quantitative estimate of drug-likeness (QED) is 0.763. The molecule has 0 radical (unpaired) electrons. The summed E-state index contributed by atoms with van der Waals surface area (Å²) in [5.41, 5.74) is 1.14. The minimum absolute atomic E-state index is 0.385. The van der Waals surface area contributed by atoms with Gasteiger partial charge in [-0.1, -0.05) is 13.0 Å². The number of hydrogen-bond donors (Lipinski definition) is 1. The first kappa shape index (κ1) is 8.70. The Morgan fingerprint density at radius 2 is 2.31 bits per heavy atom. The molecule has 1 heterocycles. The van der Waals surface area contributed by atoms with E-state index in [0.717, 1.165) is 17.7 Å². The highest BCUT2D eigenvalue weighted by Gasteiger charge is 2.33. The van der Waals surface area contributed by atoms with Crippen molar-refractivity contribution in [3.63, 3.8) is 0 Å². The van der Waals surface area contributed by atoms with Gasteiger partial charge in [-0.05, 0) is 31.4 Å². The second kappa shape index (κ2) is 3.46. The number of hydrogen-bond acceptors (Lipinski definition) is 2. The van der Waals surface area contributed by atoms with E-state index in [1.807, 2.05) is 18.3 Å². The number of pyridine rings is 1. The van der Waals surface area contributed by atoms with E-state index < -0.39 is 0 Å². The van der Waals surface area contributed by atoms with E-state index in [1.54, 1.807) is 0 Å². The average molecular weight is 176 g/mol. The van der Waals surface area contributed by atoms with E-state index in [0.29, 0.717) is 6.04 Å². The Hall–Kier alpha value is -0.890. The van der Waals surface area contributed by atoms with Gasteiger partial charge in [-0.2, -0.15) is 0 Å². The van der Waals surface area contributed by atoms with Crippen LogP contribution in [-0.4, -0.2) is 11.0 Å². The van der Waals surface area contributed by atoms with Crippen LogP contribution in [0.25, 0.3) is 0 Å². The van der Waals surface area contributed by atoms with Crippen molar-refractivity contribution in [1.82, 2.24) is 10.3 Å². The molecule has 3 unspecified atom stereocenters. The Labute approximate surface area is 79.4 Å². The maximum absolute atomic E-state index is 4.32. The lowest BCUT2D eigenvalue weighted by Gasteiger charge is -2.12. The highest BCUT2D eigenvalue weighted by atomic mass is 15.0. The molecular weight excluding hydrogens is 160 g/mol. The van der Waals surface area contributed by atoms with Crippen molar-refractivity contribution in [2.45, 2.75) is 32.4 Å². The minimum atomic E-state index is 0.385. The SMILES string of the molecule is CC(NC1CC1C)c1ccccn1. The largest absolute Gasteiger partial charge is 0.306 e. The molecule has 0 saturated heterocycles. The maximum Gasteiger partial charge on any atom is 0.0570 e. The molecule has 1 aromatic rings. The van der Waals surface area contributed by atoms with Crippen LogP contribution in [0.3, 0.4) is 0 Å². The van der Waals surface area contributed by atoms with E-state index in [2.05, 4.69) is 30.2 Å². The van der Waals surface area contributed by atoms with Crippen molar-refractivity contribution in [2.75, 3.05) is 0 Å². The molecular formula is C11H16N2. The van der Waals surface area contributed by atoms with Crippen LogP contribution in [-0.2, 0) is 0 Å². The van der Waals surface area contributed by atoms with Crippen LogP contribution in [0.5, 0.6) is 0 Å². The molecule has 1 fully saturated rings. The second-order valence-electron chi connectivity index (χ2n) is 3.96. The lowest BCUT2D eigenvalue weighted by atomic mass is 10.2. The van der Waals surface area contributed by atoms with Crippen LogP contribution in [0.4, 0.5) is 0 Å². The van der Waals surface area contributed by atoms with Gasteiger partial charge in [0, 0.05) is 18.3 Å². The standard InChI is InChI=1S/C11H16N2/c1-8-7-11(8)13-9(2)10-5-3-4-6-12-10/h3-6,8-9,11,13H,7H2,1-2H3. The molecule has 0 spiro atoms. The molecule has 2 nitrogen and oxygen atoms in total. The predicted octanol–water partition coefficient (Wildman–Crippen LogP) is 2.14. The number of aromatic nitrogens is 1. The first-order valence-corrected chi connectivity index (χ1v) is 4.94. The Morgan fingerprint density at radius 3 is 2.85 bits per heavy atom. The Balaban J connectivity index is 1.94. The Bertz CT molecular complexity index is 271. The van der Waals surface area contributed by atoms with Crippen LogP contribution >= 0.6 is 0 Å². The van der Waals surface area contributed by atoms with Gasteiger partial charge in [0.05, 0.1) is 5.69 Å². The highest BCUT2D eigenvalue weighted by molar-refractivity contribution is 5.09. The first-order valence-electron chi connectivity index (χ1n) is 4.94. The van der Waals surface area contributed by atoms with Crippen molar-refractivity contribution in [3.05, 3.63) is 30.1 Å². The van der Waals surface area contributed by atoms with Gasteiger partial charge in [0.15, 0.2) is 0 Å². The zero-order chi connectivity index (χ0) is 9.26. The molecule has 1 aromatic heterocycles. The summed E-state index contributed by atoms with van der Waals surface area (Å²) in [7, 11) is 0. The summed E-state index contributed by atoms with van der Waals surface area (Å²) in [6.07, 6.45) is 3.17. The summed E-state index contributed by atoms with van der Waals surface area (Å²) >= 11 is 0. The Kier molecular flexibility index (Phi) is 2.32. The van der Waals surface area contributed by atoms with Gasteiger partial charge in [-0.15, -0.1) is 0 Å². The lowest BCUT2D eigenvalue weighted by molar-refractivity contribution is 0.540. The average Bonchev–Trinajstić information content (AvgIpc) is 2.83. The Morgan fingerprint density at radius 1 is 1.54 bits per heavy atom. The monoisotopic (exact) mass is 176 g/mol. The van der Waals surface area contributed by atoms with Crippen LogP contribution in [0.2, 0.25) is 0 Å². The topological polar surface area (TPSA) is 24.9 Å². The normalized spacial score (nSPS) is 28.5. The van der Waals surface area contributed by atoms with Crippen LogP contribution < -0.4 is 5.32 Å². The zero-order valence-electron chi connectivity index (χ0n) is 8.20. The molecule has 2 heteroatoms. The summed E-state index contributed by atoms with van der Waals surface area (Å²) in [5.74, 6) is 0.853. The van der Waals surface area contributed by atoms with Gasteiger partial charge in [0.1, 0.15) is 0 Å². The van der Waals surface area contributed by atoms with Crippen molar-refractivity contribution in [1.29, 1.82) is 0 Å². The van der Waals surface area contributed by atoms with Gasteiger partial charge in [-0.25, -0.2) is 0 Å². The van der Waals surface area contributed by atoms with Crippen LogP contribution in [0.15, 0.2) is 24.4 Å². The van der Waals surface area contributed by atoms with Crippen molar-refractivity contribution in [3.8, 4) is 0 Å². The molecule has 1 aliphatic rings. The van der Waals surface area contributed by atoms with Crippen molar-refractivity contribution < 1.29 is 0 Å². The molecule has 70 valence electrons. The lowest BCUT2D eigenvalue weighted by Crippen LogP contribution is -2.22. The van der Waals surface area contributed by atoms with E-state index in [9.17, 15) is 0 Å². The van der Waals surface area contributed by atoms with Gasteiger partial charge >= 0.3 is 0 Å². The second-order valence-corrected chi connectivity index (χ2v) is 3.96. The van der Waals surface area contributed by atoms with E-state index in [-0.39, 0.29) is 0 Å². The number of nitrogens with zero attached hydrogens (tertiary/aromatic N) is 1. The fourth-order valence-corrected chi connectivity index (χ4v) is 1.59. The molecule has 0 aromatic carbocycles. The van der Waals surface area contributed by atoms with E-state index in [4.69, 9.17) is 0 Å². The van der Waals surface area contributed by atoms with Gasteiger partial charge in [0.2, 0.25) is 0 Å². The molecule has 0 amide bonds. The van der Waals surface area contributed by atoms with Crippen LogP contribution in [0, 0.1) is 5.92 Å². The summed E-state index contributed by atoms with van der Waals surface area (Å²) in [5, 5.41) is 3.56. The van der Waals surface area contributed by atoms with Gasteiger partial charge < -0.3 is 5.32 Å². The zero-order valence-corrected chi connectivity index (χ0v) is 8.20. The van der Waals surface area contributed by atoms with Gasteiger partial charge in [-0.3, -0.25) is 4.98 Å². The predicted molar refractivity (Wildman–Crippen MR) is 53.4 cm³/mol. The smallest absolute Gasteiger partial charge is 0.0570 e. The fraction of sp³-hybridized carbons (Fsp3) is 0.545. The van der Waals surface area contributed by atoms with Crippen LogP contribution in [0.1, 0.15) is 32.0 Å². The maximum atomic E-state index is 4.32. The number of rotatable bonds is 3. The summed E-state index contributed by atoms with van der Waals surface area (Å²) in [6, 6.07) is 7.17. The fourth-order valence-electron chi connectivity index (χ4n) is 1.59. The van der Waals surface area contributed by atoms with Crippen molar-refractivity contribution in [2.24, 2.45) is 5.92 Å². The van der Waals surface area contributed by atoms with Gasteiger partial charge in [0.25, 0.3) is 0 Å². The molecule has 2 rings (SSSR count). The first-order chi connectivity index (χ1) is 6.27. The molecule has 0 aliphatic heterocycles. The van der Waals surface area contributed by atoms with E-state index in [1.165, 1.54) is 6.42 Å². The summed E-state index contributed by atoms with van der Waals surface area (Å²) in [4.78, 5) is 4.32. The summed E-state index contributed by atoms with van der Waals surface area (Å²) in [6.45, 7) is 4.45. The van der Waals surface area contributed by atoms with E-state index >= 15 is 0 Å². The third-order valence-corrected chi connectivity index (χ3v) is 2.70. The third-order valence-electron chi connectivity index (χ3n) is 2.70. The molecule has 0 bridgehead atoms. The van der Waals surface area contributed by atoms with Crippen molar-refractivity contribution >= 4 is 0 Å².